The van der Waals surface area contributed by atoms with Crippen LogP contribution in [0.5, 0.6) is 11.5 Å². The standard InChI is InChI=1S/C29H31N3O6S/c33-27(30-21-9-2-1-3-10-21)16-32(24-12-6-8-20-7-4-5-11-23(20)24)29(35)18-39(36)17-28(34)31-22-13-14-25-26(15-22)38-19-37-25/h4-8,11-15,21H,1-3,9-10,16-19H2,(H,30,33)(H,31,34)/t39-/m1/s1. The summed E-state index contributed by atoms with van der Waals surface area (Å²) in [5, 5.41) is 7.47. The van der Waals surface area contributed by atoms with Crippen molar-refractivity contribution in [3.05, 3.63) is 60.7 Å². The average molecular weight is 550 g/mol. The van der Waals surface area contributed by atoms with E-state index in [4.69, 9.17) is 9.47 Å². The number of hydrogen-bond donors (Lipinski definition) is 2. The minimum Gasteiger partial charge on any atom is -0.454 e. The number of fused-ring (bicyclic) bond motifs is 2. The van der Waals surface area contributed by atoms with Gasteiger partial charge in [0.1, 0.15) is 18.1 Å². The smallest absolute Gasteiger partial charge is 0.240 e. The molecule has 39 heavy (non-hydrogen) atoms. The van der Waals surface area contributed by atoms with Gasteiger partial charge in [-0.05, 0) is 36.4 Å². The summed E-state index contributed by atoms with van der Waals surface area (Å²) in [6, 6.07) is 18.2. The third kappa shape index (κ3) is 6.75. The highest BCUT2D eigenvalue weighted by Crippen LogP contribution is 2.34. The Morgan fingerprint density at radius 3 is 2.49 bits per heavy atom. The molecule has 3 aromatic rings. The first-order chi connectivity index (χ1) is 19.0. The molecule has 204 valence electrons. The molecule has 0 radical (unpaired) electrons. The fourth-order valence-corrected chi connectivity index (χ4v) is 5.90. The first-order valence-corrected chi connectivity index (χ1v) is 14.6. The number of nitrogens with one attached hydrogen (secondary N) is 2. The van der Waals surface area contributed by atoms with Gasteiger partial charge in [-0.3, -0.25) is 18.6 Å². The van der Waals surface area contributed by atoms with Gasteiger partial charge >= 0.3 is 0 Å². The van der Waals surface area contributed by atoms with Crippen LogP contribution in [0.25, 0.3) is 10.8 Å². The van der Waals surface area contributed by atoms with Crippen molar-refractivity contribution in [3.8, 4) is 11.5 Å². The predicted molar refractivity (Wildman–Crippen MR) is 150 cm³/mol. The van der Waals surface area contributed by atoms with E-state index >= 15 is 0 Å². The molecule has 2 N–H and O–H groups in total. The molecule has 1 aliphatic heterocycles. The third-order valence-corrected chi connectivity index (χ3v) is 8.02. The molecule has 10 heteroatoms. The summed E-state index contributed by atoms with van der Waals surface area (Å²) in [5.41, 5.74) is 1.04. The Balaban J connectivity index is 1.27. The number of rotatable bonds is 9. The van der Waals surface area contributed by atoms with Gasteiger partial charge in [0.05, 0.1) is 5.69 Å². The van der Waals surface area contributed by atoms with Crippen LogP contribution in [0.3, 0.4) is 0 Å². The summed E-state index contributed by atoms with van der Waals surface area (Å²) < 4.78 is 23.5. The van der Waals surface area contributed by atoms with Crippen molar-refractivity contribution in [2.45, 2.75) is 38.1 Å². The van der Waals surface area contributed by atoms with Crippen LogP contribution in [-0.2, 0) is 25.2 Å². The molecule has 3 amide bonds. The molecule has 5 rings (SSSR count). The van der Waals surface area contributed by atoms with E-state index in [2.05, 4.69) is 10.6 Å². The lowest BCUT2D eigenvalue weighted by Crippen LogP contribution is -2.46. The van der Waals surface area contributed by atoms with Crippen LogP contribution in [-0.4, -0.2) is 52.8 Å². The van der Waals surface area contributed by atoms with E-state index in [1.54, 1.807) is 24.3 Å². The van der Waals surface area contributed by atoms with E-state index in [1.165, 1.54) is 11.3 Å². The van der Waals surface area contributed by atoms with Crippen LogP contribution in [0, 0.1) is 0 Å². The fraction of sp³-hybridized carbons (Fsp3) is 0.345. The summed E-state index contributed by atoms with van der Waals surface area (Å²) in [5.74, 6) is -0.892. The number of anilines is 2. The van der Waals surface area contributed by atoms with E-state index < -0.39 is 28.4 Å². The maximum atomic E-state index is 13.5. The van der Waals surface area contributed by atoms with Crippen molar-refractivity contribution in [3.63, 3.8) is 0 Å². The quantitative estimate of drug-likeness (QED) is 0.420. The molecular formula is C29H31N3O6S. The Morgan fingerprint density at radius 1 is 0.872 bits per heavy atom. The predicted octanol–water partition coefficient (Wildman–Crippen LogP) is 3.74. The van der Waals surface area contributed by atoms with Gasteiger partial charge in [0.15, 0.2) is 11.5 Å². The van der Waals surface area contributed by atoms with Crippen LogP contribution in [0.2, 0.25) is 0 Å². The molecule has 0 spiro atoms. The van der Waals surface area contributed by atoms with Crippen LogP contribution >= 0.6 is 0 Å². The van der Waals surface area contributed by atoms with Gasteiger partial charge in [-0.1, -0.05) is 55.7 Å². The summed E-state index contributed by atoms with van der Waals surface area (Å²) in [6.07, 6.45) is 5.17. The second-order valence-electron chi connectivity index (χ2n) is 9.73. The summed E-state index contributed by atoms with van der Waals surface area (Å²) in [4.78, 5) is 40.4. The molecular weight excluding hydrogens is 518 g/mol. The number of benzene rings is 3. The van der Waals surface area contributed by atoms with Gasteiger partial charge < -0.3 is 25.0 Å². The SMILES string of the molecule is O=C(C[S@@](=O)CC(=O)N(CC(=O)NC1CCCCC1)c1cccc2ccccc12)Nc1ccc2c(c1)OCO2. The summed E-state index contributed by atoms with van der Waals surface area (Å²) in [6.45, 7) is -0.0747. The zero-order chi connectivity index (χ0) is 27.2. The maximum absolute atomic E-state index is 13.5. The zero-order valence-electron chi connectivity index (χ0n) is 21.5. The molecule has 1 saturated carbocycles. The number of amides is 3. The normalized spacial score (nSPS) is 15.5. The Hall–Kier alpha value is -3.92. The molecule has 3 aromatic carbocycles. The molecule has 1 heterocycles. The second-order valence-corrected chi connectivity index (χ2v) is 11.2. The van der Waals surface area contributed by atoms with Crippen molar-refractivity contribution in [1.82, 2.24) is 5.32 Å². The second kappa shape index (κ2) is 12.3. The molecule has 1 aliphatic carbocycles. The van der Waals surface area contributed by atoms with Crippen molar-refractivity contribution >= 4 is 50.7 Å². The third-order valence-electron chi connectivity index (χ3n) is 6.86. The van der Waals surface area contributed by atoms with Crippen molar-refractivity contribution in [2.24, 2.45) is 0 Å². The lowest BCUT2D eigenvalue weighted by molar-refractivity contribution is -0.123. The minimum atomic E-state index is -1.79. The monoisotopic (exact) mass is 549 g/mol. The zero-order valence-corrected chi connectivity index (χ0v) is 22.3. The highest BCUT2D eigenvalue weighted by Gasteiger charge is 2.25. The molecule has 1 fully saturated rings. The molecule has 9 nitrogen and oxygen atoms in total. The van der Waals surface area contributed by atoms with E-state index in [0.717, 1.165) is 36.5 Å². The Morgan fingerprint density at radius 2 is 1.64 bits per heavy atom. The topological polar surface area (TPSA) is 114 Å². The molecule has 0 unspecified atom stereocenters. The lowest BCUT2D eigenvalue weighted by atomic mass is 9.95. The van der Waals surface area contributed by atoms with Gasteiger partial charge in [-0.2, -0.15) is 0 Å². The van der Waals surface area contributed by atoms with E-state index in [0.29, 0.717) is 22.9 Å². The Labute approximate surface area is 229 Å². The van der Waals surface area contributed by atoms with E-state index in [9.17, 15) is 18.6 Å². The highest BCUT2D eigenvalue weighted by molar-refractivity contribution is 7.86. The number of hydrogen-bond acceptors (Lipinski definition) is 6. The average Bonchev–Trinajstić information content (AvgIpc) is 3.40. The fourth-order valence-electron chi connectivity index (χ4n) is 5.00. The van der Waals surface area contributed by atoms with Gasteiger partial charge in [0.25, 0.3) is 0 Å². The van der Waals surface area contributed by atoms with Crippen LogP contribution in [0.15, 0.2) is 60.7 Å². The number of ether oxygens (including phenoxy) is 2. The first kappa shape index (κ1) is 26.7. The highest BCUT2D eigenvalue weighted by atomic mass is 32.2. The Kier molecular flexibility index (Phi) is 8.41. The van der Waals surface area contributed by atoms with Crippen molar-refractivity contribution in [1.29, 1.82) is 0 Å². The van der Waals surface area contributed by atoms with Crippen LogP contribution in [0.4, 0.5) is 11.4 Å². The molecule has 0 bridgehead atoms. The number of carbonyl (C=O) groups is 3. The first-order valence-electron chi connectivity index (χ1n) is 13.1. The lowest BCUT2D eigenvalue weighted by Gasteiger charge is -2.27. The molecule has 0 aromatic heterocycles. The minimum absolute atomic E-state index is 0.102. The van der Waals surface area contributed by atoms with Crippen molar-refractivity contribution < 1.29 is 28.1 Å². The number of nitrogens with zero attached hydrogens (tertiary/aromatic N) is 1. The summed E-state index contributed by atoms with van der Waals surface area (Å²) in [7, 11) is -1.79. The largest absolute Gasteiger partial charge is 0.454 e. The van der Waals surface area contributed by atoms with Crippen LogP contribution < -0.4 is 25.0 Å². The summed E-state index contributed by atoms with van der Waals surface area (Å²) >= 11 is 0. The Bertz CT molecular complexity index is 1400. The molecule has 2 aliphatic rings. The van der Waals surface area contributed by atoms with Gasteiger partial charge in [-0.25, -0.2) is 0 Å². The van der Waals surface area contributed by atoms with E-state index in [1.807, 2.05) is 36.4 Å². The molecule has 0 saturated heterocycles. The van der Waals surface area contributed by atoms with E-state index in [-0.39, 0.29) is 31.0 Å². The van der Waals surface area contributed by atoms with Gasteiger partial charge in [-0.15, -0.1) is 0 Å². The maximum Gasteiger partial charge on any atom is 0.240 e. The molecule has 1 atom stereocenters. The van der Waals surface area contributed by atoms with Crippen molar-refractivity contribution in [2.75, 3.05) is 35.1 Å². The van der Waals surface area contributed by atoms with Crippen LogP contribution in [0.1, 0.15) is 32.1 Å². The van der Waals surface area contributed by atoms with Gasteiger partial charge in [0, 0.05) is 34.0 Å². The number of carbonyl (C=O) groups excluding carboxylic acids is 3. The van der Waals surface area contributed by atoms with Gasteiger partial charge in [0.2, 0.25) is 24.5 Å².